The van der Waals surface area contributed by atoms with E-state index in [2.05, 4.69) is 396 Å². The molecule has 0 aliphatic rings. The smallest absolute Gasteiger partial charge is 0.143 e. The second-order valence-corrected chi connectivity index (χ2v) is 39.3. The maximum absolute atomic E-state index is 6.69. The summed E-state index contributed by atoms with van der Waals surface area (Å²) in [5, 5.41) is 28.6. The number of benzene rings is 21. The van der Waals surface area contributed by atoms with E-state index in [1.54, 1.807) is 0 Å². The summed E-state index contributed by atoms with van der Waals surface area (Å²) in [5.74, 6) is 0. The van der Waals surface area contributed by atoms with Gasteiger partial charge in [-0.3, -0.25) is 0 Å². The Labute approximate surface area is 794 Å². The van der Waals surface area contributed by atoms with Crippen LogP contribution in [0.5, 0.6) is 0 Å². The second-order valence-electron chi connectivity index (χ2n) is 36.2. The zero-order valence-corrected chi connectivity index (χ0v) is 75.8. The Morgan fingerprint density at radius 2 is 0.449 bits per heavy atom. The predicted octanol–water partition coefficient (Wildman–Crippen LogP) is 37.9. The van der Waals surface area contributed by atoms with E-state index in [-0.39, 0.29) is 0 Å². The Kier molecular flexibility index (Phi) is 16.0. The van der Waals surface area contributed by atoms with Crippen LogP contribution in [0.3, 0.4) is 0 Å². The number of para-hydroxylation sites is 9. The highest BCUT2D eigenvalue weighted by molar-refractivity contribution is 7.27. The van der Waals surface area contributed by atoms with Crippen molar-refractivity contribution < 1.29 is 26.5 Å². The van der Waals surface area contributed by atoms with Crippen LogP contribution < -0.4 is 0 Å². The first-order valence-corrected chi connectivity index (χ1v) is 49.0. The van der Waals surface area contributed by atoms with Gasteiger partial charge in [0.1, 0.15) is 67.0 Å². The minimum absolute atomic E-state index is 0.884. The maximum atomic E-state index is 6.69. The average molecular weight is 1820 g/mol. The highest BCUT2D eigenvalue weighted by atomic mass is 32.1. The normalized spacial score (nSPS) is 12.3. The lowest BCUT2D eigenvalue weighted by Gasteiger charge is -2.08. The van der Waals surface area contributed by atoms with Crippen molar-refractivity contribution >= 4 is 292 Å². The number of rotatable bonds is 6. The van der Waals surface area contributed by atoms with Crippen molar-refractivity contribution in [1.82, 2.24) is 13.7 Å². The maximum Gasteiger partial charge on any atom is 0.143 e. The molecule has 12 heterocycles. The molecule has 12 aromatic heterocycles. The third kappa shape index (κ3) is 11.0. The highest BCUT2D eigenvalue weighted by Crippen LogP contribution is 2.52. The first kappa shape index (κ1) is 76.0. The molecule has 0 saturated heterocycles. The van der Waals surface area contributed by atoms with Gasteiger partial charge in [0.15, 0.2) is 0 Å². The van der Waals surface area contributed by atoms with E-state index in [0.29, 0.717) is 0 Å². The SMILES string of the molecule is c1ccc2c(c1)oc1cc3c(cc12)c1ccccc1n3-c1ccc2oc3c(-c4cccc5c4sc4ccccc45)cccc3c2c1.c1ccc2c(c1)oc1cc3c4ccccc4n(-c4ccc5oc6c(-c7cccc8c7sc7ccccc78)cccc6c5c4)c3cc12.c1ccc2c(c1)oc1ccc3c(c4ccccc4n3-c3ccc4oc5c(-c6cccc7c6sc6ccccc67)cccc5c4c3)c12. The number of hydrogen-bond donors (Lipinski definition) is 0. The number of aromatic nitrogens is 3. The molecule has 0 aliphatic carbocycles. The molecule has 21 aromatic carbocycles. The summed E-state index contributed by atoms with van der Waals surface area (Å²) in [5.41, 5.74) is 28.1. The van der Waals surface area contributed by atoms with Gasteiger partial charge in [0.2, 0.25) is 0 Å². The van der Waals surface area contributed by atoms with E-state index in [1.165, 1.54) is 126 Å². The molecule has 0 bridgehead atoms. The Balaban J connectivity index is 0.0000000959. The molecule has 0 unspecified atom stereocenters. The third-order valence-electron chi connectivity index (χ3n) is 28.8. The van der Waals surface area contributed by atoms with Gasteiger partial charge in [0, 0.05) is 214 Å². The van der Waals surface area contributed by atoms with E-state index in [0.717, 1.165) is 182 Å². The van der Waals surface area contributed by atoms with E-state index < -0.39 is 0 Å². The van der Waals surface area contributed by atoms with Crippen molar-refractivity contribution in [3.05, 3.63) is 419 Å². The molecule has 138 heavy (non-hydrogen) atoms. The van der Waals surface area contributed by atoms with Crippen LogP contribution in [0.1, 0.15) is 0 Å². The fourth-order valence-electron chi connectivity index (χ4n) is 22.8. The van der Waals surface area contributed by atoms with Crippen LogP contribution >= 0.6 is 34.0 Å². The van der Waals surface area contributed by atoms with Gasteiger partial charge in [-0.15, -0.1) is 34.0 Å². The Morgan fingerprint density at radius 1 is 0.145 bits per heavy atom. The standard InChI is InChI=1S/3C42H23NO2S/c1-4-16-33-30(10-1)39-34(20-22-37-40(39)31-11-2-5-17-35(31)44-37)43(33)24-19-21-36-32(23-24)27-13-7-12-26(41(27)45-36)29-15-8-14-28-25-9-3-6-18-38(25)46-42(28)29;1-4-16-35-25(9-1)32-23-39-34(26-10-2-5-17-37(26)44-39)22-36(32)43(35)24-19-20-38-33(21-24)29-13-7-12-28(41(29)45-38)31-15-8-14-30-27-11-3-6-18-40(27)46-42(30)31;1-4-16-35-25(9-1)32-22-34-26-10-2-5-17-37(26)44-39(34)23-36(32)43(35)24-19-20-38-33(21-24)29-13-7-12-28(41(29)45-38)31-15-8-14-30-27-11-3-6-18-40(27)46-42(30)31/h3*1-23H. The number of furan rings is 6. The molecule has 33 rings (SSSR count). The Hall–Kier alpha value is -17.5. The molecule has 0 fully saturated rings. The number of hydrogen-bond acceptors (Lipinski definition) is 9. The van der Waals surface area contributed by atoms with Crippen LogP contribution in [0.4, 0.5) is 0 Å². The van der Waals surface area contributed by atoms with Crippen LogP contribution in [-0.4, -0.2) is 13.7 Å². The predicted molar refractivity (Wildman–Crippen MR) is 581 cm³/mol. The number of nitrogens with zero attached hydrogens (tertiary/aromatic N) is 3. The summed E-state index contributed by atoms with van der Waals surface area (Å²) in [7, 11) is 0. The van der Waals surface area contributed by atoms with Gasteiger partial charge in [0.05, 0.1) is 33.1 Å². The number of fused-ring (bicyclic) bond motifs is 37. The summed E-state index contributed by atoms with van der Waals surface area (Å²) < 4.78 is 53.9. The molecule has 0 amide bonds. The molecular weight excluding hydrogens is 1750 g/mol. The summed E-state index contributed by atoms with van der Waals surface area (Å²) in [6, 6.07) is 149. The lowest BCUT2D eigenvalue weighted by Crippen LogP contribution is -1.93. The molecule has 642 valence electrons. The zero-order valence-electron chi connectivity index (χ0n) is 73.4. The van der Waals surface area contributed by atoms with E-state index in [1.807, 2.05) is 70.4 Å². The van der Waals surface area contributed by atoms with Crippen LogP contribution in [0.2, 0.25) is 0 Å². The summed E-state index contributed by atoms with van der Waals surface area (Å²) in [4.78, 5) is 0. The largest absolute Gasteiger partial charge is 0.456 e. The number of thiophene rings is 3. The van der Waals surface area contributed by atoms with Crippen molar-refractivity contribution in [2.24, 2.45) is 0 Å². The van der Waals surface area contributed by atoms with Gasteiger partial charge >= 0.3 is 0 Å². The summed E-state index contributed by atoms with van der Waals surface area (Å²) >= 11 is 5.55. The van der Waals surface area contributed by atoms with Gasteiger partial charge in [-0.2, -0.15) is 0 Å². The zero-order chi connectivity index (χ0) is 89.8. The van der Waals surface area contributed by atoms with Crippen LogP contribution in [0, 0.1) is 0 Å². The molecule has 0 aliphatic heterocycles. The van der Waals surface area contributed by atoms with Crippen molar-refractivity contribution in [1.29, 1.82) is 0 Å². The minimum atomic E-state index is 0.884. The lowest BCUT2D eigenvalue weighted by atomic mass is 10.00. The van der Waals surface area contributed by atoms with Crippen molar-refractivity contribution in [3.63, 3.8) is 0 Å². The van der Waals surface area contributed by atoms with Crippen LogP contribution in [0.25, 0.3) is 308 Å². The van der Waals surface area contributed by atoms with E-state index in [9.17, 15) is 0 Å². The first-order valence-electron chi connectivity index (χ1n) is 46.5. The lowest BCUT2D eigenvalue weighted by molar-refractivity contribution is 0.669. The quantitative estimate of drug-likeness (QED) is 0.165. The Morgan fingerprint density at radius 3 is 0.906 bits per heavy atom. The minimum Gasteiger partial charge on any atom is -0.456 e. The van der Waals surface area contributed by atoms with Gasteiger partial charge < -0.3 is 40.2 Å². The first-order chi connectivity index (χ1) is 68.4. The monoisotopic (exact) mass is 1820 g/mol. The summed E-state index contributed by atoms with van der Waals surface area (Å²) in [6.45, 7) is 0. The van der Waals surface area contributed by atoms with Gasteiger partial charge in [0.25, 0.3) is 0 Å². The topological polar surface area (TPSA) is 93.6 Å². The van der Waals surface area contributed by atoms with Gasteiger partial charge in [-0.05, 0) is 140 Å². The fourth-order valence-corrected chi connectivity index (χ4v) is 26.5. The fraction of sp³-hybridized carbons (Fsp3) is 0. The molecule has 9 nitrogen and oxygen atoms in total. The van der Waals surface area contributed by atoms with Crippen LogP contribution in [0.15, 0.2) is 445 Å². The molecule has 0 N–H and O–H groups in total. The van der Waals surface area contributed by atoms with Crippen molar-refractivity contribution in [3.8, 4) is 50.4 Å². The van der Waals surface area contributed by atoms with Crippen molar-refractivity contribution in [2.75, 3.05) is 0 Å². The van der Waals surface area contributed by atoms with Gasteiger partial charge in [-0.1, -0.05) is 273 Å². The molecule has 0 spiro atoms. The molecule has 12 heteroatoms. The van der Waals surface area contributed by atoms with Crippen molar-refractivity contribution in [2.45, 2.75) is 0 Å². The van der Waals surface area contributed by atoms with Gasteiger partial charge in [-0.25, -0.2) is 0 Å². The van der Waals surface area contributed by atoms with Crippen LogP contribution in [-0.2, 0) is 0 Å². The molecule has 0 radical (unpaired) electrons. The van der Waals surface area contributed by atoms with E-state index >= 15 is 0 Å². The molecular formula is C126H69N3O6S3. The van der Waals surface area contributed by atoms with E-state index in [4.69, 9.17) is 26.5 Å². The molecule has 33 aromatic rings. The Bertz CT molecular complexity index is 10900. The molecule has 0 saturated carbocycles. The second kappa shape index (κ2) is 29.0. The summed E-state index contributed by atoms with van der Waals surface area (Å²) in [6.07, 6.45) is 0. The average Bonchev–Trinajstić information content (AvgIpc) is 1.54. The third-order valence-corrected chi connectivity index (χ3v) is 32.5. The highest BCUT2D eigenvalue weighted by Gasteiger charge is 2.27. The molecule has 0 atom stereocenters.